The lowest BCUT2D eigenvalue weighted by atomic mass is 10.2. The van der Waals surface area contributed by atoms with Crippen LogP contribution in [0.4, 0.5) is 5.82 Å². The van der Waals surface area contributed by atoms with Gasteiger partial charge in [0.2, 0.25) is 0 Å². The number of rotatable bonds is 4. The molecule has 0 bridgehead atoms. The highest BCUT2D eigenvalue weighted by molar-refractivity contribution is 14.0. The first-order valence-electron chi connectivity index (χ1n) is 7.20. The van der Waals surface area contributed by atoms with Gasteiger partial charge in [-0.1, -0.05) is 0 Å². The van der Waals surface area contributed by atoms with Gasteiger partial charge in [0.1, 0.15) is 5.82 Å². The van der Waals surface area contributed by atoms with E-state index < -0.39 is 0 Å². The number of hydrogen-bond acceptors (Lipinski definition) is 5. The molecule has 0 aromatic carbocycles. The third kappa shape index (κ3) is 6.15. The van der Waals surface area contributed by atoms with Gasteiger partial charge in [-0.2, -0.15) is 11.8 Å². The normalized spacial score (nSPS) is 17.6. The second-order valence-corrected chi connectivity index (χ2v) is 7.32. The molecule has 22 heavy (non-hydrogen) atoms. The van der Waals surface area contributed by atoms with E-state index in [9.17, 15) is 0 Å². The Morgan fingerprint density at radius 2 is 2.23 bits per heavy atom. The van der Waals surface area contributed by atoms with Crippen molar-refractivity contribution in [2.75, 3.05) is 44.3 Å². The van der Waals surface area contributed by atoms with E-state index in [0.717, 1.165) is 43.7 Å². The number of nitrogens with one attached hydrogen (secondary N) is 2. The molecule has 1 aliphatic rings. The Morgan fingerprint density at radius 1 is 1.41 bits per heavy atom. The summed E-state index contributed by atoms with van der Waals surface area (Å²) in [7, 11) is 1.84. The minimum atomic E-state index is 0. The predicted molar refractivity (Wildman–Crippen MR) is 105 cm³/mol. The summed E-state index contributed by atoms with van der Waals surface area (Å²) in [6.07, 6.45) is 5.07. The molecule has 8 heteroatoms. The van der Waals surface area contributed by atoms with Crippen molar-refractivity contribution in [2.45, 2.75) is 18.6 Å². The first-order valence-corrected chi connectivity index (χ1v) is 8.19. The maximum Gasteiger partial charge on any atom is 0.193 e. The van der Waals surface area contributed by atoms with Crippen LogP contribution in [0.25, 0.3) is 0 Å². The molecule has 0 saturated carbocycles. The first-order chi connectivity index (χ1) is 10.1. The summed E-state index contributed by atoms with van der Waals surface area (Å²) in [5.74, 6) is 2.92. The molecule has 1 aromatic rings. The van der Waals surface area contributed by atoms with Gasteiger partial charge in [0.25, 0.3) is 0 Å². The van der Waals surface area contributed by atoms with E-state index >= 15 is 0 Å². The van der Waals surface area contributed by atoms with Gasteiger partial charge in [-0.3, -0.25) is 9.98 Å². The maximum absolute atomic E-state index is 4.39. The molecular weight excluding hydrogens is 411 g/mol. The minimum absolute atomic E-state index is 0. The Hall–Kier alpha value is -0.770. The lowest BCUT2D eigenvalue weighted by Gasteiger charge is -2.39. The molecule has 0 spiro atoms. The third-order valence-electron chi connectivity index (χ3n) is 3.21. The summed E-state index contributed by atoms with van der Waals surface area (Å²) in [5.41, 5.74) is 0. The Kier molecular flexibility index (Phi) is 8.23. The predicted octanol–water partition coefficient (Wildman–Crippen LogP) is 1.91. The average molecular weight is 436 g/mol. The highest BCUT2D eigenvalue weighted by atomic mass is 127. The van der Waals surface area contributed by atoms with E-state index in [0.29, 0.717) is 0 Å². The van der Waals surface area contributed by atoms with Crippen molar-refractivity contribution in [2.24, 2.45) is 4.99 Å². The summed E-state index contributed by atoms with van der Waals surface area (Å²) in [6, 6.07) is 0. The number of guanidine groups is 1. The standard InChI is InChI=1S/C14H24N6S.HI/c1-14(2)11-20(8-9-21-14)13(15-3)19-7-6-18-12-10-16-4-5-17-12;/h4-5,10H,6-9,11H2,1-3H3,(H,15,19)(H,17,18);1H. The second-order valence-electron chi connectivity index (χ2n) is 5.52. The molecule has 1 saturated heterocycles. The Balaban J connectivity index is 0.00000242. The van der Waals surface area contributed by atoms with Crippen LogP contribution in [-0.4, -0.2) is 64.6 Å². The van der Waals surface area contributed by atoms with Crippen molar-refractivity contribution in [1.82, 2.24) is 20.2 Å². The molecule has 0 radical (unpaired) electrons. The van der Waals surface area contributed by atoms with Gasteiger partial charge in [-0.05, 0) is 13.8 Å². The lowest BCUT2D eigenvalue weighted by molar-refractivity contribution is 0.376. The van der Waals surface area contributed by atoms with E-state index in [4.69, 9.17) is 0 Å². The van der Waals surface area contributed by atoms with Crippen molar-refractivity contribution in [3.05, 3.63) is 18.6 Å². The van der Waals surface area contributed by atoms with E-state index in [1.807, 2.05) is 18.8 Å². The molecule has 0 atom stereocenters. The van der Waals surface area contributed by atoms with Crippen molar-refractivity contribution < 1.29 is 0 Å². The zero-order chi connectivity index (χ0) is 15.1. The molecule has 2 heterocycles. The monoisotopic (exact) mass is 436 g/mol. The van der Waals surface area contributed by atoms with Gasteiger partial charge < -0.3 is 15.5 Å². The molecule has 124 valence electrons. The van der Waals surface area contributed by atoms with Crippen molar-refractivity contribution in [3.63, 3.8) is 0 Å². The van der Waals surface area contributed by atoms with Crippen molar-refractivity contribution >= 4 is 47.5 Å². The summed E-state index contributed by atoms with van der Waals surface area (Å²) in [5, 5.41) is 6.63. The smallest absolute Gasteiger partial charge is 0.193 e. The quantitative estimate of drug-likeness (QED) is 0.326. The molecule has 6 nitrogen and oxygen atoms in total. The van der Waals surface area contributed by atoms with Gasteiger partial charge in [-0.15, -0.1) is 24.0 Å². The maximum atomic E-state index is 4.39. The van der Waals surface area contributed by atoms with Gasteiger partial charge in [0, 0.05) is 56.1 Å². The molecule has 1 fully saturated rings. The second kappa shape index (κ2) is 9.39. The van der Waals surface area contributed by atoms with Gasteiger partial charge in [-0.25, -0.2) is 4.98 Å². The van der Waals surface area contributed by atoms with Crippen LogP contribution in [0.2, 0.25) is 0 Å². The number of anilines is 1. The number of aromatic nitrogens is 2. The van der Waals surface area contributed by atoms with Crippen molar-refractivity contribution in [3.8, 4) is 0 Å². The van der Waals surface area contributed by atoms with Gasteiger partial charge >= 0.3 is 0 Å². The molecule has 2 N–H and O–H groups in total. The van der Waals surface area contributed by atoms with Crippen LogP contribution in [0.1, 0.15) is 13.8 Å². The van der Waals surface area contributed by atoms with E-state index in [-0.39, 0.29) is 28.7 Å². The van der Waals surface area contributed by atoms with E-state index in [2.05, 4.69) is 44.3 Å². The topological polar surface area (TPSA) is 65.4 Å². The first kappa shape index (κ1) is 19.3. The fourth-order valence-corrected chi connectivity index (χ4v) is 3.40. The highest BCUT2D eigenvalue weighted by Gasteiger charge is 2.28. The third-order valence-corrected chi connectivity index (χ3v) is 4.51. The number of thioether (sulfide) groups is 1. The van der Waals surface area contributed by atoms with Crippen LogP contribution in [0.3, 0.4) is 0 Å². The Labute approximate surface area is 154 Å². The van der Waals surface area contributed by atoms with Crippen molar-refractivity contribution in [1.29, 1.82) is 0 Å². The van der Waals surface area contributed by atoms with Crippen LogP contribution >= 0.6 is 35.7 Å². The van der Waals surface area contributed by atoms with Gasteiger partial charge in [0.15, 0.2) is 5.96 Å². The Morgan fingerprint density at radius 3 is 2.86 bits per heavy atom. The largest absolute Gasteiger partial charge is 0.367 e. The van der Waals surface area contributed by atoms with E-state index in [1.165, 1.54) is 0 Å². The molecule has 1 aliphatic heterocycles. The number of nitrogens with zero attached hydrogens (tertiary/aromatic N) is 4. The summed E-state index contributed by atoms with van der Waals surface area (Å²) < 4.78 is 0.285. The molecular formula is C14H25IN6S. The summed E-state index contributed by atoms with van der Waals surface area (Å²) >= 11 is 2.03. The summed E-state index contributed by atoms with van der Waals surface area (Å²) in [4.78, 5) is 14.9. The van der Waals surface area contributed by atoms with Gasteiger partial charge in [0.05, 0.1) is 6.20 Å². The van der Waals surface area contributed by atoms with Crippen LogP contribution in [-0.2, 0) is 0 Å². The Bertz CT molecular complexity index is 468. The molecule has 2 rings (SSSR count). The fourth-order valence-electron chi connectivity index (χ4n) is 2.28. The summed E-state index contributed by atoms with van der Waals surface area (Å²) in [6.45, 7) is 8.22. The zero-order valence-corrected chi connectivity index (χ0v) is 16.5. The fraction of sp³-hybridized carbons (Fsp3) is 0.643. The molecule has 1 aromatic heterocycles. The van der Waals surface area contributed by atoms with E-state index in [1.54, 1.807) is 18.6 Å². The number of aliphatic imine (C=N–C) groups is 1. The lowest BCUT2D eigenvalue weighted by Crippen LogP contribution is -2.51. The van der Waals surface area contributed by atoms with Crippen LogP contribution < -0.4 is 10.6 Å². The minimum Gasteiger partial charge on any atom is -0.367 e. The van der Waals surface area contributed by atoms with Crippen LogP contribution in [0.5, 0.6) is 0 Å². The van der Waals surface area contributed by atoms with Crippen LogP contribution in [0, 0.1) is 0 Å². The average Bonchev–Trinajstić information content (AvgIpc) is 2.47. The highest BCUT2D eigenvalue weighted by Crippen LogP contribution is 2.29. The molecule has 0 amide bonds. The SMILES string of the molecule is CN=C(NCCNc1cnccn1)N1CCSC(C)(C)C1.I. The van der Waals surface area contributed by atoms with Crippen LogP contribution in [0.15, 0.2) is 23.6 Å². The molecule has 0 unspecified atom stereocenters. The zero-order valence-electron chi connectivity index (χ0n) is 13.4. The number of hydrogen-bond donors (Lipinski definition) is 2. The number of halogens is 1. The molecule has 0 aliphatic carbocycles.